The molecule has 2 amide bonds. The van der Waals surface area contributed by atoms with Gasteiger partial charge >= 0.3 is 0 Å². The Kier molecular flexibility index (Phi) is 5.01. The average molecular weight is 307 g/mol. The van der Waals surface area contributed by atoms with E-state index in [2.05, 4.69) is 5.32 Å². The van der Waals surface area contributed by atoms with E-state index in [4.69, 9.17) is 5.73 Å². The fourth-order valence-corrected chi connectivity index (χ4v) is 4.24. The Morgan fingerprint density at radius 2 is 1.59 bits per heavy atom. The lowest BCUT2D eigenvalue weighted by Crippen LogP contribution is -2.43. The summed E-state index contributed by atoms with van der Waals surface area (Å²) in [5.74, 6) is 0.918. The van der Waals surface area contributed by atoms with Crippen molar-refractivity contribution in [3.63, 3.8) is 0 Å². The molecule has 1 saturated heterocycles. The largest absolute Gasteiger partial charge is 0.353 e. The van der Waals surface area contributed by atoms with E-state index >= 15 is 0 Å². The van der Waals surface area contributed by atoms with Gasteiger partial charge in [-0.05, 0) is 44.9 Å². The Hall–Kier alpha value is -1.10. The predicted octanol–water partition coefficient (Wildman–Crippen LogP) is 1.41. The van der Waals surface area contributed by atoms with Crippen LogP contribution in [0.2, 0.25) is 0 Å². The molecule has 0 radical (unpaired) electrons. The number of nitrogens with one attached hydrogen (secondary N) is 1. The molecule has 0 unspecified atom stereocenters. The molecule has 1 atom stereocenters. The first-order valence-electron chi connectivity index (χ1n) is 8.98. The van der Waals surface area contributed by atoms with Gasteiger partial charge in [0, 0.05) is 37.0 Å². The molecule has 0 aromatic carbocycles. The standard InChI is InChI=1S/C17H29N3O2/c18-14-9-10-20(11-14)17(22)13-5-7-15(8-6-13)19-16(21)12-3-1-2-4-12/h12-15H,1-11,18H2,(H,19,21)/t13?,14-,15?/m1/s1. The number of carbonyl (C=O) groups excluding carboxylic acids is 2. The Labute approximate surface area is 133 Å². The summed E-state index contributed by atoms with van der Waals surface area (Å²) in [6, 6.07) is 0.434. The minimum absolute atomic E-state index is 0.143. The number of likely N-dealkylation sites (tertiary alicyclic amines) is 1. The molecule has 22 heavy (non-hydrogen) atoms. The van der Waals surface area contributed by atoms with E-state index in [0.29, 0.717) is 0 Å². The number of nitrogens with zero attached hydrogens (tertiary/aromatic N) is 1. The first-order chi connectivity index (χ1) is 10.6. The molecule has 124 valence electrons. The molecule has 1 aliphatic heterocycles. The number of nitrogens with two attached hydrogens (primary N) is 1. The van der Waals surface area contributed by atoms with Crippen molar-refractivity contribution in [2.45, 2.75) is 69.9 Å². The lowest BCUT2D eigenvalue weighted by atomic mass is 9.85. The average Bonchev–Trinajstić information content (AvgIpc) is 3.18. The highest BCUT2D eigenvalue weighted by atomic mass is 16.2. The van der Waals surface area contributed by atoms with Gasteiger partial charge in [-0.2, -0.15) is 0 Å². The van der Waals surface area contributed by atoms with Crippen molar-refractivity contribution in [3.05, 3.63) is 0 Å². The summed E-state index contributed by atoms with van der Waals surface area (Å²) >= 11 is 0. The zero-order chi connectivity index (χ0) is 15.5. The fourth-order valence-electron chi connectivity index (χ4n) is 4.24. The number of amides is 2. The lowest BCUT2D eigenvalue weighted by Gasteiger charge is -2.31. The topological polar surface area (TPSA) is 75.4 Å². The van der Waals surface area contributed by atoms with E-state index in [1.807, 2.05) is 4.90 Å². The summed E-state index contributed by atoms with van der Waals surface area (Å²) in [6.45, 7) is 1.54. The molecule has 3 aliphatic rings. The molecule has 2 saturated carbocycles. The van der Waals surface area contributed by atoms with Gasteiger partial charge < -0.3 is 16.0 Å². The summed E-state index contributed by atoms with van der Waals surface area (Å²) < 4.78 is 0. The third-order valence-corrected chi connectivity index (χ3v) is 5.69. The predicted molar refractivity (Wildman–Crippen MR) is 85.0 cm³/mol. The molecule has 0 aromatic heterocycles. The third-order valence-electron chi connectivity index (χ3n) is 5.69. The number of hydrogen-bond acceptors (Lipinski definition) is 3. The fraction of sp³-hybridized carbons (Fsp3) is 0.882. The van der Waals surface area contributed by atoms with Crippen molar-refractivity contribution in [3.8, 4) is 0 Å². The summed E-state index contributed by atoms with van der Waals surface area (Å²) in [5.41, 5.74) is 5.89. The van der Waals surface area contributed by atoms with Gasteiger partial charge in [-0.15, -0.1) is 0 Å². The molecular weight excluding hydrogens is 278 g/mol. The van der Waals surface area contributed by atoms with Crippen LogP contribution in [0.1, 0.15) is 57.8 Å². The van der Waals surface area contributed by atoms with E-state index in [1.165, 1.54) is 12.8 Å². The first-order valence-corrected chi connectivity index (χ1v) is 8.98. The number of hydrogen-bond donors (Lipinski definition) is 2. The maximum atomic E-state index is 12.5. The van der Waals surface area contributed by atoms with Crippen LogP contribution in [0.3, 0.4) is 0 Å². The van der Waals surface area contributed by atoms with Gasteiger partial charge in [-0.3, -0.25) is 9.59 Å². The molecule has 5 nitrogen and oxygen atoms in total. The minimum atomic E-state index is 0.143. The van der Waals surface area contributed by atoms with Crippen molar-refractivity contribution >= 4 is 11.8 Å². The second-order valence-corrected chi connectivity index (χ2v) is 7.37. The quantitative estimate of drug-likeness (QED) is 0.828. The van der Waals surface area contributed by atoms with Crippen LogP contribution in [0, 0.1) is 11.8 Å². The van der Waals surface area contributed by atoms with Crippen molar-refractivity contribution in [1.29, 1.82) is 0 Å². The van der Waals surface area contributed by atoms with Crippen LogP contribution in [0.4, 0.5) is 0 Å². The van der Waals surface area contributed by atoms with E-state index in [0.717, 1.165) is 58.0 Å². The Balaban J connectivity index is 1.42. The molecule has 3 rings (SSSR count). The van der Waals surface area contributed by atoms with Crippen LogP contribution in [0.15, 0.2) is 0 Å². The van der Waals surface area contributed by atoms with Gasteiger partial charge in [-0.25, -0.2) is 0 Å². The Bertz CT molecular complexity index is 412. The lowest BCUT2D eigenvalue weighted by molar-refractivity contribution is -0.135. The zero-order valence-corrected chi connectivity index (χ0v) is 13.4. The van der Waals surface area contributed by atoms with Crippen molar-refractivity contribution in [2.75, 3.05) is 13.1 Å². The van der Waals surface area contributed by atoms with Gasteiger partial charge in [0.1, 0.15) is 0 Å². The third kappa shape index (κ3) is 3.62. The first kappa shape index (κ1) is 15.8. The molecule has 3 fully saturated rings. The normalized spacial score (nSPS) is 33.1. The summed E-state index contributed by atoms with van der Waals surface area (Å²) in [7, 11) is 0. The van der Waals surface area contributed by atoms with Crippen molar-refractivity contribution in [2.24, 2.45) is 17.6 Å². The SMILES string of the molecule is N[C@@H]1CCN(C(=O)C2CCC(NC(=O)C3CCCC3)CC2)C1. The van der Waals surface area contributed by atoms with Gasteiger partial charge in [-0.1, -0.05) is 12.8 Å². The molecule has 0 spiro atoms. The van der Waals surface area contributed by atoms with Gasteiger partial charge in [0.15, 0.2) is 0 Å². The maximum Gasteiger partial charge on any atom is 0.225 e. The van der Waals surface area contributed by atoms with Crippen LogP contribution in [0.25, 0.3) is 0 Å². The van der Waals surface area contributed by atoms with E-state index < -0.39 is 0 Å². The molecule has 5 heteroatoms. The molecule has 0 aromatic rings. The van der Waals surface area contributed by atoms with Crippen molar-refractivity contribution < 1.29 is 9.59 Å². The molecule has 2 aliphatic carbocycles. The second-order valence-electron chi connectivity index (χ2n) is 7.37. The number of rotatable bonds is 3. The van der Waals surface area contributed by atoms with E-state index in [9.17, 15) is 9.59 Å². The smallest absolute Gasteiger partial charge is 0.225 e. The van der Waals surface area contributed by atoms with Crippen molar-refractivity contribution in [1.82, 2.24) is 10.2 Å². The van der Waals surface area contributed by atoms with E-state index in [-0.39, 0.29) is 35.7 Å². The highest BCUT2D eigenvalue weighted by Crippen LogP contribution is 2.29. The maximum absolute atomic E-state index is 12.5. The molecule has 0 bridgehead atoms. The van der Waals surface area contributed by atoms with Gasteiger partial charge in [0.25, 0.3) is 0 Å². The highest BCUT2D eigenvalue weighted by Gasteiger charge is 2.33. The Morgan fingerprint density at radius 3 is 2.18 bits per heavy atom. The number of carbonyl (C=O) groups is 2. The summed E-state index contributed by atoms with van der Waals surface area (Å²) in [6.07, 6.45) is 9.10. The monoisotopic (exact) mass is 307 g/mol. The second kappa shape index (κ2) is 6.99. The van der Waals surface area contributed by atoms with Crippen LogP contribution in [0.5, 0.6) is 0 Å². The minimum Gasteiger partial charge on any atom is -0.353 e. The summed E-state index contributed by atoms with van der Waals surface area (Å²) in [4.78, 5) is 26.6. The zero-order valence-electron chi connectivity index (χ0n) is 13.4. The molecule has 1 heterocycles. The van der Waals surface area contributed by atoms with Gasteiger partial charge in [0.2, 0.25) is 11.8 Å². The summed E-state index contributed by atoms with van der Waals surface area (Å²) in [5, 5.41) is 3.21. The van der Waals surface area contributed by atoms with E-state index in [1.54, 1.807) is 0 Å². The van der Waals surface area contributed by atoms with Crippen LogP contribution < -0.4 is 11.1 Å². The van der Waals surface area contributed by atoms with Crippen LogP contribution in [-0.2, 0) is 9.59 Å². The van der Waals surface area contributed by atoms with Gasteiger partial charge in [0.05, 0.1) is 0 Å². The van der Waals surface area contributed by atoms with Crippen LogP contribution in [-0.4, -0.2) is 41.9 Å². The molecular formula is C17H29N3O2. The highest BCUT2D eigenvalue weighted by molar-refractivity contribution is 5.80. The Morgan fingerprint density at radius 1 is 0.909 bits per heavy atom. The molecule has 3 N–H and O–H groups in total. The van der Waals surface area contributed by atoms with Crippen LogP contribution >= 0.6 is 0 Å².